The molecule has 5 radical (unpaired) electrons. The maximum Gasteiger partial charge on any atom is 0.204 e. The molecule has 3 heteroatoms. The Kier molecular flexibility index (Phi) is 3.08. The van der Waals surface area contributed by atoms with Crippen molar-refractivity contribution in [1.82, 2.24) is 9.97 Å². The third kappa shape index (κ3) is 2.63. The summed E-state index contributed by atoms with van der Waals surface area (Å²) in [6, 6.07) is 0. The van der Waals surface area contributed by atoms with Crippen LogP contribution in [0.5, 0.6) is 0 Å². The molecular weight excluding hydrogens is 188 g/mol. The maximum absolute atomic E-state index is 10.3. The van der Waals surface area contributed by atoms with Crippen LogP contribution in [0, 0.1) is 43.4 Å². The van der Waals surface area contributed by atoms with Gasteiger partial charge in [-0.2, -0.15) is 0 Å². The lowest BCUT2D eigenvalue weighted by atomic mass is 10.1. The average molecular weight is 195 g/mol. The van der Waals surface area contributed by atoms with E-state index in [4.69, 9.17) is 0 Å². The Bertz CT molecular complexity index is 394. The SMILES string of the molecule is O=Cc1cnc(C#C[C]2[CH][CH][CH][CH]2)nc1. The lowest BCUT2D eigenvalue weighted by molar-refractivity contribution is 0.112. The van der Waals surface area contributed by atoms with Gasteiger partial charge >= 0.3 is 0 Å². The largest absolute Gasteiger partial charge is 0.298 e. The van der Waals surface area contributed by atoms with Crippen molar-refractivity contribution in [3.05, 3.63) is 55.4 Å². The van der Waals surface area contributed by atoms with Crippen LogP contribution < -0.4 is 0 Å². The zero-order chi connectivity index (χ0) is 10.5. The predicted molar refractivity (Wildman–Crippen MR) is 54.7 cm³/mol. The Morgan fingerprint density at radius 3 is 2.33 bits per heavy atom. The van der Waals surface area contributed by atoms with Crippen LogP contribution in [0.4, 0.5) is 0 Å². The number of hydrogen-bond acceptors (Lipinski definition) is 3. The third-order valence-electron chi connectivity index (χ3n) is 1.79. The molecule has 71 valence electrons. The van der Waals surface area contributed by atoms with Gasteiger partial charge in [-0.1, -0.05) is 5.92 Å². The van der Waals surface area contributed by atoms with Crippen LogP contribution in [0.2, 0.25) is 0 Å². The fourth-order valence-electron chi connectivity index (χ4n) is 1.05. The molecule has 0 amide bonds. The first kappa shape index (κ1) is 9.85. The zero-order valence-electron chi connectivity index (χ0n) is 7.84. The van der Waals surface area contributed by atoms with E-state index in [1.165, 1.54) is 12.4 Å². The molecular formula is C12H7N2O. The van der Waals surface area contributed by atoms with Crippen LogP contribution in [-0.4, -0.2) is 16.3 Å². The van der Waals surface area contributed by atoms with Gasteiger partial charge in [-0.25, -0.2) is 9.97 Å². The van der Waals surface area contributed by atoms with E-state index in [2.05, 4.69) is 21.8 Å². The van der Waals surface area contributed by atoms with Gasteiger partial charge < -0.3 is 0 Å². The molecule has 0 aromatic carbocycles. The van der Waals surface area contributed by atoms with E-state index in [-0.39, 0.29) is 0 Å². The van der Waals surface area contributed by atoms with E-state index in [0.29, 0.717) is 17.7 Å². The van der Waals surface area contributed by atoms with Gasteiger partial charge in [0.05, 0.1) is 11.5 Å². The highest BCUT2D eigenvalue weighted by Crippen LogP contribution is 2.21. The molecule has 0 spiro atoms. The van der Waals surface area contributed by atoms with E-state index in [0.717, 1.165) is 5.92 Å². The Labute approximate surface area is 88.9 Å². The Morgan fingerprint density at radius 2 is 1.73 bits per heavy atom. The predicted octanol–water partition coefficient (Wildman–Crippen LogP) is 1.05. The summed E-state index contributed by atoms with van der Waals surface area (Å²) in [7, 11) is 0. The minimum atomic E-state index is 0.418. The van der Waals surface area contributed by atoms with Gasteiger partial charge in [-0.3, -0.25) is 4.79 Å². The van der Waals surface area contributed by atoms with Gasteiger partial charge in [0, 0.05) is 12.4 Å². The molecule has 1 aliphatic rings. The zero-order valence-corrected chi connectivity index (χ0v) is 7.84. The molecule has 1 aromatic rings. The number of rotatable bonds is 1. The number of carbonyl (C=O) groups is 1. The summed E-state index contributed by atoms with van der Waals surface area (Å²) in [5.41, 5.74) is 0.453. The van der Waals surface area contributed by atoms with E-state index in [1.807, 2.05) is 25.7 Å². The Morgan fingerprint density at radius 1 is 1.07 bits per heavy atom. The number of aromatic nitrogens is 2. The molecule has 2 rings (SSSR count). The maximum atomic E-state index is 10.3. The van der Waals surface area contributed by atoms with Crippen molar-refractivity contribution in [2.75, 3.05) is 0 Å². The molecule has 0 unspecified atom stereocenters. The molecule has 1 aliphatic carbocycles. The van der Waals surface area contributed by atoms with Crippen molar-refractivity contribution in [2.45, 2.75) is 0 Å². The summed E-state index contributed by atoms with van der Waals surface area (Å²) < 4.78 is 0. The average Bonchev–Trinajstić information content (AvgIpc) is 2.80. The van der Waals surface area contributed by atoms with Crippen molar-refractivity contribution in [3.63, 3.8) is 0 Å². The lowest BCUT2D eigenvalue weighted by Crippen LogP contribution is -1.92. The molecule has 0 atom stereocenters. The molecule has 3 nitrogen and oxygen atoms in total. The Balaban J connectivity index is 2.06. The van der Waals surface area contributed by atoms with Crippen molar-refractivity contribution < 1.29 is 4.79 Å². The summed E-state index contributed by atoms with van der Waals surface area (Å²) in [6.07, 6.45) is 11.3. The van der Waals surface area contributed by atoms with Crippen LogP contribution in [0.25, 0.3) is 0 Å². The van der Waals surface area contributed by atoms with Crippen molar-refractivity contribution in [2.24, 2.45) is 0 Å². The summed E-state index contributed by atoms with van der Waals surface area (Å²) in [5, 5.41) is 0. The van der Waals surface area contributed by atoms with Gasteiger partial charge in [-0.15, -0.1) is 0 Å². The van der Waals surface area contributed by atoms with Crippen LogP contribution >= 0.6 is 0 Å². The second-order valence-electron chi connectivity index (χ2n) is 2.88. The first-order chi connectivity index (χ1) is 7.38. The van der Waals surface area contributed by atoms with Crippen LogP contribution in [0.3, 0.4) is 0 Å². The summed E-state index contributed by atoms with van der Waals surface area (Å²) in [6.45, 7) is 0. The number of carbonyl (C=O) groups excluding carboxylic acids is 1. The smallest absolute Gasteiger partial charge is 0.204 e. The van der Waals surface area contributed by atoms with E-state index in [1.54, 1.807) is 0 Å². The van der Waals surface area contributed by atoms with Crippen LogP contribution in [0.15, 0.2) is 12.4 Å². The van der Waals surface area contributed by atoms with Crippen molar-refractivity contribution >= 4 is 6.29 Å². The molecule has 1 saturated carbocycles. The second-order valence-corrected chi connectivity index (χ2v) is 2.88. The number of aldehydes is 1. The first-order valence-corrected chi connectivity index (χ1v) is 4.39. The number of hydrogen-bond donors (Lipinski definition) is 0. The molecule has 1 aromatic heterocycles. The van der Waals surface area contributed by atoms with E-state index >= 15 is 0 Å². The minimum absolute atomic E-state index is 0.418. The van der Waals surface area contributed by atoms with Gasteiger partial charge in [0.1, 0.15) is 0 Å². The van der Waals surface area contributed by atoms with Crippen molar-refractivity contribution in [3.8, 4) is 11.8 Å². The molecule has 15 heavy (non-hydrogen) atoms. The third-order valence-corrected chi connectivity index (χ3v) is 1.79. The fraction of sp³-hybridized carbons (Fsp3) is 0. The van der Waals surface area contributed by atoms with Crippen molar-refractivity contribution in [1.29, 1.82) is 0 Å². The van der Waals surface area contributed by atoms with Crippen LogP contribution in [-0.2, 0) is 0 Å². The topological polar surface area (TPSA) is 42.9 Å². The lowest BCUT2D eigenvalue weighted by Gasteiger charge is -1.93. The molecule has 0 saturated heterocycles. The Hall–Kier alpha value is -1.69. The van der Waals surface area contributed by atoms with Gasteiger partial charge in [0.25, 0.3) is 0 Å². The van der Waals surface area contributed by atoms with Gasteiger partial charge in [0.2, 0.25) is 5.82 Å². The molecule has 1 fully saturated rings. The van der Waals surface area contributed by atoms with E-state index in [9.17, 15) is 4.79 Å². The molecule has 1 heterocycles. The van der Waals surface area contributed by atoms with Gasteiger partial charge in [0.15, 0.2) is 6.29 Å². The minimum Gasteiger partial charge on any atom is -0.298 e. The highest BCUT2D eigenvalue weighted by molar-refractivity contribution is 5.73. The quantitative estimate of drug-likeness (QED) is 0.497. The first-order valence-electron chi connectivity index (χ1n) is 4.39. The highest BCUT2D eigenvalue weighted by Gasteiger charge is 2.13. The monoisotopic (exact) mass is 195 g/mol. The van der Waals surface area contributed by atoms with Crippen LogP contribution in [0.1, 0.15) is 16.2 Å². The van der Waals surface area contributed by atoms with E-state index < -0.39 is 0 Å². The molecule has 0 aliphatic heterocycles. The summed E-state index contributed by atoms with van der Waals surface area (Å²) in [4.78, 5) is 18.2. The van der Waals surface area contributed by atoms with Gasteiger partial charge in [-0.05, 0) is 31.6 Å². The standard InChI is InChI=1S/C12H7N2O/c15-9-11-7-13-12(14-8-11)6-5-10-3-1-2-4-10/h1-4,7-9H. The summed E-state index contributed by atoms with van der Waals surface area (Å²) in [5.74, 6) is 7.07. The molecule has 0 bridgehead atoms. The normalized spacial score (nSPS) is 15.7. The highest BCUT2D eigenvalue weighted by atomic mass is 16.1. The number of nitrogens with zero attached hydrogens (tertiary/aromatic N) is 2. The summed E-state index contributed by atoms with van der Waals surface area (Å²) >= 11 is 0. The fourth-order valence-corrected chi connectivity index (χ4v) is 1.05. The second kappa shape index (κ2) is 4.70. The molecule has 0 N–H and O–H groups in total.